The number of piperidine rings is 1. The summed E-state index contributed by atoms with van der Waals surface area (Å²) in [4.78, 5) is 2.68. The fourth-order valence-electron chi connectivity index (χ4n) is 4.03. The van der Waals surface area contributed by atoms with E-state index in [1.54, 1.807) is 7.11 Å². The van der Waals surface area contributed by atoms with E-state index in [1.165, 1.54) is 50.6 Å². The van der Waals surface area contributed by atoms with Gasteiger partial charge < -0.3 is 10.5 Å². The maximum atomic E-state index is 5.85. The van der Waals surface area contributed by atoms with Gasteiger partial charge in [-0.1, -0.05) is 18.9 Å². The number of rotatable bonds is 3. The SMILES string of the molecule is COc1cc(N)ccc1CN1CCC[C@H]2CCCC[C@H]21. The molecule has 1 saturated heterocycles. The summed E-state index contributed by atoms with van der Waals surface area (Å²) >= 11 is 0. The molecule has 110 valence electrons. The molecule has 1 aliphatic heterocycles. The van der Waals surface area contributed by atoms with E-state index in [-0.39, 0.29) is 0 Å². The number of nitrogens with zero attached hydrogens (tertiary/aromatic N) is 1. The Kier molecular flexibility index (Phi) is 4.16. The number of ether oxygens (including phenoxy) is 1. The first kappa shape index (κ1) is 13.7. The number of benzene rings is 1. The van der Waals surface area contributed by atoms with Gasteiger partial charge in [-0.2, -0.15) is 0 Å². The molecule has 0 amide bonds. The Morgan fingerprint density at radius 3 is 2.85 bits per heavy atom. The van der Waals surface area contributed by atoms with Gasteiger partial charge in [0.15, 0.2) is 0 Å². The number of nitrogen functional groups attached to an aromatic ring is 1. The molecule has 0 bridgehead atoms. The van der Waals surface area contributed by atoms with E-state index >= 15 is 0 Å². The topological polar surface area (TPSA) is 38.5 Å². The van der Waals surface area contributed by atoms with Gasteiger partial charge >= 0.3 is 0 Å². The standard InChI is InChI=1S/C17H26N2O/c1-20-17-11-15(18)9-8-14(17)12-19-10-4-6-13-5-2-3-7-16(13)19/h8-9,11,13,16H,2-7,10,12,18H2,1H3/t13-,16-/m1/s1. The van der Waals surface area contributed by atoms with Gasteiger partial charge in [-0.25, -0.2) is 0 Å². The van der Waals surface area contributed by atoms with Crippen LogP contribution in [0.15, 0.2) is 18.2 Å². The minimum absolute atomic E-state index is 0.778. The van der Waals surface area contributed by atoms with E-state index in [4.69, 9.17) is 10.5 Å². The fraction of sp³-hybridized carbons (Fsp3) is 0.647. The molecule has 1 saturated carbocycles. The second-order valence-electron chi connectivity index (χ2n) is 6.30. The third-order valence-electron chi connectivity index (χ3n) is 5.04. The predicted octanol–water partition coefficient (Wildman–Crippen LogP) is 3.43. The summed E-state index contributed by atoms with van der Waals surface area (Å²) in [5, 5.41) is 0. The van der Waals surface area contributed by atoms with E-state index in [9.17, 15) is 0 Å². The van der Waals surface area contributed by atoms with Crippen molar-refractivity contribution in [2.75, 3.05) is 19.4 Å². The Labute approximate surface area is 122 Å². The lowest BCUT2D eigenvalue weighted by Gasteiger charge is -2.44. The first-order valence-corrected chi connectivity index (χ1v) is 7.94. The molecule has 3 heteroatoms. The summed E-state index contributed by atoms with van der Waals surface area (Å²) in [6.07, 6.45) is 8.41. The van der Waals surface area contributed by atoms with Crippen LogP contribution in [-0.4, -0.2) is 24.6 Å². The number of nitrogens with two attached hydrogens (primary N) is 1. The van der Waals surface area contributed by atoms with Crippen LogP contribution in [0.2, 0.25) is 0 Å². The first-order chi connectivity index (χ1) is 9.78. The van der Waals surface area contributed by atoms with Crippen LogP contribution in [-0.2, 0) is 6.54 Å². The molecule has 1 aromatic rings. The molecule has 2 fully saturated rings. The van der Waals surface area contributed by atoms with Crippen LogP contribution in [0.1, 0.15) is 44.1 Å². The zero-order valence-electron chi connectivity index (χ0n) is 12.5. The summed E-state index contributed by atoms with van der Waals surface area (Å²) in [7, 11) is 1.73. The van der Waals surface area contributed by atoms with Crippen molar-refractivity contribution < 1.29 is 4.74 Å². The Hall–Kier alpha value is -1.22. The van der Waals surface area contributed by atoms with Crippen molar-refractivity contribution in [1.82, 2.24) is 4.90 Å². The molecule has 3 nitrogen and oxygen atoms in total. The Morgan fingerprint density at radius 1 is 1.20 bits per heavy atom. The van der Waals surface area contributed by atoms with Crippen LogP contribution < -0.4 is 10.5 Å². The van der Waals surface area contributed by atoms with Crippen molar-refractivity contribution in [3.63, 3.8) is 0 Å². The maximum absolute atomic E-state index is 5.85. The van der Waals surface area contributed by atoms with Crippen molar-refractivity contribution >= 4 is 5.69 Å². The number of hydrogen-bond acceptors (Lipinski definition) is 3. The maximum Gasteiger partial charge on any atom is 0.125 e. The molecule has 1 aromatic carbocycles. The first-order valence-electron chi connectivity index (χ1n) is 7.94. The van der Waals surface area contributed by atoms with Crippen LogP contribution in [0, 0.1) is 5.92 Å². The molecule has 3 rings (SSSR count). The lowest BCUT2D eigenvalue weighted by Crippen LogP contribution is -2.46. The molecule has 0 unspecified atom stereocenters. The van der Waals surface area contributed by atoms with Gasteiger partial charge in [-0.3, -0.25) is 4.90 Å². The summed E-state index contributed by atoms with van der Waals surface area (Å²) in [5.41, 5.74) is 7.90. The van der Waals surface area contributed by atoms with Crippen molar-refractivity contribution in [2.45, 2.75) is 51.1 Å². The summed E-state index contributed by atoms with van der Waals surface area (Å²) in [5.74, 6) is 1.86. The average Bonchev–Trinajstić information content (AvgIpc) is 2.49. The normalized spacial score (nSPS) is 27.1. The zero-order chi connectivity index (χ0) is 13.9. The van der Waals surface area contributed by atoms with Gasteiger partial charge in [0.25, 0.3) is 0 Å². The number of likely N-dealkylation sites (tertiary alicyclic amines) is 1. The third kappa shape index (κ3) is 2.78. The van der Waals surface area contributed by atoms with Gasteiger partial charge in [0.2, 0.25) is 0 Å². The quantitative estimate of drug-likeness (QED) is 0.858. The van der Waals surface area contributed by atoms with Crippen LogP contribution in [0.5, 0.6) is 5.75 Å². The smallest absolute Gasteiger partial charge is 0.125 e. The largest absolute Gasteiger partial charge is 0.496 e. The van der Waals surface area contributed by atoms with Gasteiger partial charge in [0, 0.05) is 29.9 Å². The van der Waals surface area contributed by atoms with Crippen LogP contribution in [0.3, 0.4) is 0 Å². The highest BCUT2D eigenvalue weighted by atomic mass is 16.5. The predicted molar refractivity (Wildman–Crippen MR) is 82.8 cm³/mol. The van der Waals surface area contributed by atoms with Gasteiger partial charge in [0.05, 0.1) is 7.11 Å². The third-order valence-corrected chi connectivity index (χ3v) is 5.04. The number of anilines is 1. The molecule has 0 aromatic heterocycles. The molecule has 1 aliphatic carbocycles. The summed E-state index contributed by atoms with van der Waals surface area (Å²) in [6.45, 7) is 2.24. The molecule has 2 atom stereocenters. The summed E-state index contributed by atoms with van der Waals surface area (Å²) < 4.78 is 5.50. The summed E-state index contributed by atoms with van der Waals surface area (Å²) in [6, 6.07) is 6.85. The van der Waals surface area contributed by atoms with Crippen LogP contribution >= 0.6 is 0 Å². The molecule has 2 aliphatic rings. The van der Waals surface area contributed by atoms with E-state index in [0.717, 1.165) is 29.9 Å². The van der Waals surface area contributed by atoms with E-state index in [0.29, 0.717) is 0 Å². The highest BCUT2D eigenvalue weighted by molar-refractivity contribution is 5.48. The van der Waals surface area contributed by atoms with E-state index in [2.05, 4.69) is 11.0 Å². The minimum Gasteiger partial charge on any atom is -0.496 e. The second-order valence-corrected chi connectivity index (χ2v) is 6.30. The van der Waals surface area contributed by atoms with Gasteiger partial charge in [0.1, 0.15) is 5.75 Å². The average molecular weight is 274 g/mol. The minimum atomic E-state index is 0.778. The Balaban J connectivity index is 1.76. The Bertz CT molecular complexity index is 458. The van der Waals surface area contributed by atoms with Gasteiger partial charge in [-0.15, -0.1) is 0 Å². The van der Waals surface area contributed by atoms with Crippen LogP contribution in [0.4, 0.5) is 5.69 Å². The van der Waals surface area contributed by atoms with Crippen molar-refractivity contribution in [3.8, 4) is 5.75 Å². The van der Waals surface area contributed by atoms with Crippen LogP contribution in [0.25, 0.3) is 0 Å². The molecular formula is C17H26N2O. The highest BCUT2D eigenvalue weighted by Crippen LogP contribution is 2.36. The number of hydrogen-bond donors (Lipinski definition) is 1. The molecular weight excluding hydrogens is 248 g/mol. The van der Waals surface area contributed by atoms with Crippen molar-refractivity contribution in [1.29, 1.82) is 0 Å². The second kappa shape index (κ2) is 6.04. The van der Waals surface area contributed by atoms with Crippen molar-refractivity contribution in [2.24, 2.45) is 5.92 Å². The van der Waals surface area contributed by atoms with E-state index in [1.807, 2.05) is 12.1 Å². The lowest BCUT2D eigenvalue weighted by molar-refractivity contribution is 0.0541. The highest BCUT2D eigenvalue weighted by Gasteiger charge is 2.33. The number of fused-ring (bicyclic) bond motifs is 1. The van der Waals surface area contributed by atoms with E-state index < -0.39 is 0 Å². The molecule has 20 heavy (non-hydrogen) atoms. The molecule has 0 spiro atoms. The van der Waals surface area contributed by atoms with Gasteiger partial charge in [-0.05, 0) is 44.2 Å². The molecule has 0 radical (unpaired) electrons. The fourth-order valence-corrected chi connectivity index (χ4v) is 4.03. The lowest BCUT2D eigenvalue weighted by atomic mass is 9.78. The Morgan fingerprint density at radius 2 is 2.00 bits per heavy atom. The molecule has 2 N–H and O–H groups in total. The monoisotopic (exact) mass is 274 g/mol. The molecule has 1 heterocycles. The van der Waals surface area contributed by atoms with Crippen molar-refractivity contribution in [3.05, 3.63) is 23.8 Å². The number of methoxy groups -OCH3 is 1. The zero-order valence-corrected chi connectivity index (χ0v) is 12.5.